The summed E-state index contributed by atoms with van der Waals surface area (Å²) >= 11 is 0. The maximum absolute atomic E-state index is 11.1. The van der Waals surface area contributed by atoms with Gasteiger partial charge in [-0.1, -0.05) is 13.8 Å². The van der Waals surface area contributed by atoms with Crippen LogP contribution in [0.2, 0.25) is 0 Å². The van der Waals surface area contributed by atoms with E-state index in [4.69, 9.17) is 0 Å². The maximum Gasteiger partial charge on any atom is 0.250 e. The Morgan fingerprint density at radius 2 is 2.20 bits per heavy atom. The van der Waals surface area contributed by atoms with Gasteiger partial charge < -0.3 is 4.98 Å². The van der Waals surface area contributed by atoms with Crippen LogP contribution in [0.4, 0.5) is 0 Å². The predicted molar refractivity (Wildman–Crippen MR) is 58.3 cm³/mol. The van der Waals surface area contributed by atoms with Crippen LogP contribution >= 0.6 is 0 Å². The summed E-state index contributed by atoms with van der Waals surface area (Å²) < 4.78 is 1.71. The van der Waals surface area contributed by atoms with Gasteiger partial charge in [-0.3, -0.25) is 4.79 Å². The van der Waals surface area contributed by atoms with E-state index in [9.17, 15) is 4.79 Å². The Kier molecular flexibility index (Phi) is 2.41. The van der Waals surface area contributed by atoms with Crippen molar-refractivity contribution in [3.63, 3.8) is 0 Å². The van der Waals surface area contributed by atoms with Crippen molar-refractivity contribution in [3.05, 3.63) is 46.6 Å². The molecule has 0 radical (unpaired) electrons. The normalized spacial score (nSPS) is 10.9. The lowest BCUT2D eigenvalue weighted by Gasteiger charge is -2.00. The van der Waals surface area contributed by atoms with Crippen molar-refractivity contribution in [3.8, 4) is 5.69 Å². The van der Waals surface area contributed by atoms with Crippen LogP contribution in [0.25, 0.3) is 5.69 Å². The number of rotatable bonds is 2. The molecule has 0 unspecified atom stereocenters. The molecule has 0 amide bonds. The molecule has 0 fully saturated rings. The van der Waals surface area contributed by atoms with E-state index in [0.29, 0.717) is 5.92 Å². The van der Waals surface area contributed by atoms with E-state index in [-0.39, 0.29) is 5.56 Å². The van der Waals surface area contributed by atoms with Crippen molar-refractivity contribution in [2.75, 3.05) is 0 Å². The molecule has 0 bridgehead atoms. The van der Waals surface area contributed by atoms with Crippen LogP contribution in [0, 0.1) is 0 Å². The molecule has 15 heavy (non-hydrogen) atoms. The third-order valence-corrected chi connectivity index (χ3v) is 2.22. The molecule has 4 heteroatoms. The second-order valence-electron chi connectivity index (χ2n) is 3.75. The van der Waals surface area contributed by atoms with E-state index in [0.717, 1.165) is 11.4 Å². The molecule has 0 aliphatic carbocycles. The highest BCUT2D eigenvalue weighted by Crippen LogP contribution is 2.12. The Morgan fingerprint density at radius 3 is 2.80 bits per heavy atom. The Bertz CT molecular complexity index is 510. The third-order valence-electron chi connectivity index (χ3n) is 2.22. The van der Waals surface area contributed by atoms with E-state index >= 15 is 0 Å². The zero-order valence-corrected chi connectivity index (χ0v) is 8.77. The molecular formula is C11H13N3O. The highest BCUT2D eigenvalue weighted by Gasteiger charge is 2.04. The summed E-state index contributed by atoms with van der Waals surface area (Å²) in [5.74, 6) is 0.397. The van der Waals surface area contributed by atoms with Crippen LogP contribution in [-0.2, 0) is 0 Å². The summed E-state index contributed by atoms with van der Waals surface area (Å²) in [5.41, 5.74) is 1.69. The van der Waals surface area contributed by atoms with Crippen LogP contribution in [-0.4, -0.2) is 14.8 Å². The average molecular weight is 203 g/mol. The van der Waals surface area contributed by atoms with Crippen molar-refractivity contribution in [2.45, 2.75) is 19.8 Å². The van der Waals surface area contributed by atoms with Gasteiger partial charge in [-0.05, 0) is 18.1 Å². The number of aromatic amines is 1. The Morgan fingerprint density at radius 1 is 1.40 bits per heavy atom. The molecular weight excluding hydrogens is 190 g/mol. The highest BCUT2D eigenvalue weighted by molar-refractivity contribution is 5.28. The molecule has 0 saturated carbocycles. The second kappa shape index (κ2) is 3.73. The van der Waals surface area contributed by atoms with Gasteiger partial charge in [0.25, 0.3) is 0 Å². The van der Waals surface area contributed by atoms with Crippen LogP contribution < -0.4 is 5.56 Å². The van der Waals surface area contributed by atoms with Crippen LogP contribution in [0.5, 0.6) is 0 Å². The summed E-state index contributed by atoms with van der Waals surface area (Å²) in [7, 11) is 0. The number of hydrogen-bond donors (Lipinski definition) is 1. The average Bonchev–Trinajstić information content (AvgIpc) is 2.66. The second-order valence-corrected chi connectivity index (χ2v) is 3.75. The van der Waals surface area contributed by atoms with Crippen molar-refractivity contribution >= 4 is 0 Å². The van der Waals surface area contributed by atoms with Gasteiger partial charge >= 0.3 is 0 Å². The minimum absolute atomic E-state index is 0.117. The van der Waals surface area contributed by atoms with Crippen molar-refractivity contribution < 1.29 is 0 Å². The number of pyridine rings is 1. The van der Waals surface area contributed by atoms with Gasteiger partial charge in [0, 0.05) is 18.5 Å². The van der Waals surface area contributed by atoms with Crippen LogP contribution in [0.3, 0.4) is 0 Å². The molecule has 78 valence electrons. The largest absolute Gasteiger partial charge is 0.329 e. The highest BCUT2D eigenvalue weighted by atomic mass is 16.1. The van der Waals surface area contributed by atoms with E-state index in [1.165, 1.54) is 6.07 Å². The first-order chi connectivity index (χ1) is 7.16. The zero-order chi connectivity index (χ0) is 10.8. The van der Waals surface area contributed by atoms with Gasteiger partial charge in [-0.15, -0.1) is 0 Å². The van der Waals surface area contributed by atoms with Gasteiger partial charge in [-0.2, -0.15) is 5.10 Å². The van der Waals surface area contributed by atoms with Crippen molar-refractivity contribution in [1.82, 2.24) is 14.8 Å². The predicted octanol–water partition coefficient (Wildman–Crippen LogP) is 1.68. The Balaban J connectivity index is 2.41. The molecule has 2 rings (SSSR count). The summed E-state index contributed by atoms with van der Waals surface area (Å²) in [5, 5.41) is 4.38. The molecule has 0 aliphatic heterocycles. The maximum atomic E-state index is 11.1. The molecule has 0 aliphatic rings. The molecule has 1 N–H and O–H groups in total. The van der Waals surface area contributed by atoms with Gasteiger partial charge in [0.2, 0.25) is 5.56 Å². The van der Waals surface area contributed by atoms with E-state index in [1.54, 1.807) is 10.9 Å². The first kappa shape index (κ1) is 9.71. The summed E-state index contributed by atoms with van der Waals surface area (Å²) in [6.07, 6.45) is 3.48. The Labute approximate surface area is 87.6 Å². The first-order valence-corrected chi connectivity index (χ1v) is 4.91. The Hall–Kier alpha value is -1.84. The van der Waals surface area contributed by atoms with Gasteiger partial charge in [0.1, 0.15) is 0 Å². The quantitative estimate of drug-likeness (QED) is 0.807. The van der Waals surface area contributed by atoms with Crippen LogP contribution in [0.15, 0.2) is 35.4 Å². The number of aromatic nitrogens is 3. The standard InChI is InChI=1S/C11H13N3O/c1-8(2)10-4-6-14(13-10)9-3-5-12-11(15)7-9/h3-8H,1-2H3,(H,12,15). The first-order valence-electron chi connectivity index (χ1n) is 4.91. The molecule has 0 spiro atoms. The molecule has 2 heterocycles. The lowest BCUT2D eigenvalue weighted by molar-refractivity contribution is 0.767. The lowest BCUT2D eigenvalue weighted by Crippen LogP contribution is -2.06. The molecule has 0 saturated heterocycles. The lowest BCUT2D eigenvalue weighted by atomic mass is 10.1. The minimum atomic E-state index is -0.117. The van der Waals surface area contributed by atoms with Gasteiger partial charge in [0.15, 0.2) is 0 Å². The third kappa shape index (κ3) is 1.98. The van der Waals surface area contributed by atoms with E-state index in [2.05, 4.69) is 23.9 Å². The zero-order valence-electron chi connectivity index (χ0n) is 8.77. The molecule has 0 aromatic carbocycles. The van der Waals surface area contributed by atoms with Gasteiger partial charge in [0.05, 0.1) is 11.4 Å². The van der Waals surface area contributed by atoms with Crippen molar-refractivity contribution in [1.29, 1.82) is 0 Å². The minimum Gasteiger partial charge on any atom is -0.329 e. The molecule has 2 aromatic heterocycles. The van der Waals surface area contributed by atoms with Crippen molar-refractivity contribution in [2.24, 2.45) is 0 Å². The molecule has 0 atom stereocenters. The number of nitrogens with one attached hydrogen (secondary N) is 1. The van der Waals surface area contributed by atoms with Crippen LogP contribution in [0.1, 0.15) is 25.5 Å². The number of nitrogens with zero attached hydrogens (tertiary/aromatic N) is 2. The SMILES string of the molecule is CC(C)c1ccn(-c2cc[nH]c(=O)c2)n1. The van der Waals surface area contributed by atoms with E-state index in [1.807, 2.05) is 18.3 Å². The summed E-state index contributed by atoms with van der Waals surface area (Å²) in [4.78, 5) is 13.7. The summed E-state index contributed by atoms with van der Waals surface area (Å²) in [6.45, 7) is 4.18. The topological polar surface area (TPSA) is 50.7 Å². The fraction of sp³-hybridized carbons (Fsp3) is 0.273. The molecule has 2 aromatic rings. The van der Waals surface area contributed by atoms with Gasteiger partial charge in [-0.25, -0.2) is 4.68 Å². The monoisotopic (exact) mass is 203 g/mol. The number of hydrogen-bond acceptors (Lipinski definition) is 2. The summed E-state index contributed by atoms with van der Waals surface area (Å²) in [6, 6.07) is 5.31. The smallest absolute Gasteiger partial charge is 0.250 e. The fourth-order valence-corrected chi connectivity index (χ4v) is 1.37. The fourth-order valence-electron chi connectivity index (χ4n) is 1.37. The molecule has 4 nitrogen and oxygen atoms in total. The van der Waals surface area contributed by atoms with E-state index < -0.39 is 0 Å². The number of H-pyrrole nitrogens is 1.